The molecule has 9 heteroatoms. The van der Waals surface area contributed by atoms with Gasteiger partial charge in [0, 0.05) is 0 Å². The van der Waals surface area contributed by atoms with Gasteiger partial charge in [-0.15, -0.1) is 0 Å². The number of aliphatic hydroxyl groups excluding tert-OH is 4. The quantitative estimate of drug-likeness (QED) is 0.219. The second-order valence-electron chi connectivity index (χ2n) is 6.76. The summed E-state index contributed by atoms with van der Waals surface area (Å²) in [5.41, 5.74) is 0.595. The van der Waals surface area contributed by atoms with E-state index < -0.39 is 48.8 Å². The summed E-state index contributed by atoms with van der Waals surface area (Å²) in [6, 6.07) is 10.4. The third-order valence-corrected chi connectivity index (χ3v) is 4.69. The molecule has 1 heterocycles. The van der Waals surface area contributed by atoms with E-state index in [0.717, 1.165) is 0 Å². The number of carbonyl (C=O) groups excluding carboxylic acids is 1. The van der Waals surface area contributed by atoms with Crippen LogP contribution in [0.1, 0.15) is 15.9 Å². The van der Waals surface area contributed by atoms with E-state index in [-0.39, 0.29) is 17.1 Å². The average Bonchev–Trinajstić information content (AvgIpc) is 2.75. The van der Waals surface area contributed by atoms with Crippen LogP contribution in [0.3, 0.4) is 0 Å². The van der Waals surface area contributed by atoms with Gasteiger partial charge in [-0.1, -0.05) is 24.3 Å². The number of rotatable bonds is 6. The van der Waals surface area contributed by atoms with Crippen LogP contribution in [-0.2, 0) is 4.74 Å². The van der Waals surface area contributed by atoms with Crippen molar-refractivity contribution in [3.63, 3.8) is 0 Å². The Kier molecular flexibility index (Phi) is 6.70. The standard InChI is InChI=1S/C21H22O9/c22-10-16-18(26)19(27)20(28)21(30-16)29-12-7-4-11(5-8-12)6-9-14(23)13-2-1-3-15(24)17(13)25/h1-9,16,18-22,24-28H,10H2/b9-6+/t16-,18-,19-,20+,21-/m1/s1. The van der Waals surface area contributed by atoms with Crippen molar-refractivity contribution in [3.05, 3.63) is 59.7 Å². The van der Waals surface area contributed by atoms with Crippen LogP contribution in [0.15, 0.2) is 48.5 Å². The number of aromatic hydroxyl groups is 2. The van der Waals surface area contributed by atoms with E-state index in [1.165, 1.54) is 42.5 Å². The second kappa shape index (κ2) is 9.24. The minimum atomic E-state index is -1.54. The van der Waals surface area contributed by atoms with Gasteiger partial charge in [0.25, 0.3) is 0 Å². The lowest BCUT2D eigenvalue weighted by molar-refractivity contribution is -0.277. The molecule has 1 aliphatic heterocycles. The van der Waals surface area contributed by atoms with Crippen LogP contribution in [0, 0.1) is 0 Å². The number of allylic oxidation sites excluding steroid dienone is 1. The van der Waals surface area contributed by atoms with E-state index in [0.29, 0.717) is 5.56 Å². The van der Waals surface area contributed by atoms with Crippen molar-refractivity contribution in [2.75, 3.05) is 6.61 Å². The first kappa shape index (κ1) is 21.8. The monoisotopic (exact) mass is 418 g/mol. The lowest BCUT2D eigenvalue weighted by Crippen LogP contribution is -2.60. The van der Waals surface area contributed by atoms with E-state index in [2.05, 4.69) is 0 Å². The summed E-state index contributed by atoms with van der Waals surface area (Å²) in [4.78, 5) is 12.2. The molecule has 160 valence electrons. The van der Waals surface area contributed by atoms with Gasteiger partial charge >= 0.3 is 0 Å². The fraction of sp³-hybridized carbons (Fsp3) is 0.286. The highest BCUT2D eigenvalue weighted by Gasteiger charge is 2.44. The van der Waals surface area contributed by atoms with Gasteiger partial charge in [-0.25, -0.2) is 0 Å². The number of phenolic OH excluding ortho intramolecular Hbond substituents is 2. The number of aliphatic hydroxyl groups is 4. The molecule has 1 fully saturated rings. The van der Waals surface area contributed by atoms with E-state index in [9.17, 15) is 35.4 Å². The Labute approximate surface area is 171 Å². The van der Waals surface area contributed by atoms with Crippen LogP contribution in [0.25, 0.3) is 6.08 Å². The predicted octanol–water partition coefficient (Wildman–Crippen LogP) is 0.173. The molecule has 3 rings (SSSR count). The van der Waals surface area contributed by atoms with Crippen LogP contribution >= 0.6 is 0 Å². The summed E-state index contributed by atoms with van der Waals surface area (Å²) in [6.07, 6.45) is -4.16. The summed E-state index contributed by atoms with van der Waals surface area (Å²) in [6.45, 7) is -0.558. The van der Waals surface area contributed by atoms with Crippen molar-refractivity contribution in [1.29, 1.82) is 0 Å². The molecule has 2 aromatic rings. The second-order valence-corrected chi connectivity index (χ2v) is 6.76. The summed E-state index contributed by atoms with van der Waals surface area (Å²) in [5.74, 6) is -1.09. The van der Waals surface area contributed by atoms with Gasteiger partial charge < -0.3 is 40.1 Å². The van der Waals surface area contributed by atoms with Gasteiger partial charge in [-0.2, -0.15) is 0 Å². The number of hydrogen-bond acceptors (Lipinski definition) is 9. The number of ether oxygens (including phenoxy) is 2. The highest BCUT2D eigenvalue weighted by Crippen LogP contribution is 2.29. The van der Waals surface area contributed by atoms with Gasteiger partial charge in [0.05, 0.1) is 12.2 Å². The molecule has 0 saturated carbocycles. The molecule has 5 atom stereocenters. The number of carbonyl (C=O) groups is 1. The molecule has 0 aliphatic carbocycles. The molecule has 1 saturated heterocycles. The predicted molar refractivity (Wildman–Crippen MR) is 104 cm³/mol. The molecule has 0 radical (unpaired) electrons. The minimum Gasteiger partial charge on any atom is -0.504 e. The molecule has 2 aromatic carbocycles. The summed E-state index contributed by atoms with van der Waals surface area (Å²) in [7, 11) is 0. The fourth-order valence-electron chi connectivity index (χ4n) is 2.95. The van der Waals surface area contributed by atoms with Crippen LogP contribution in [-0.4, -0.2) is 73.7 Å². The molecule has 1 aliphatic rings. The zero-order chi connectivity index (χ0) is 21.8. The number of ketones is 1. The molecule has 30 heavy (non-hydrogen) atoms. The molecule has 0 unspecified atom stereocenters. The number of para-hydroxylation sites is 1. The molecule has 0 spiro atoms. The maximum Gasteiger partial charge on any atom is 0.229 e. The Hall–Kier alpha value is -2.95. The smallest absolute Gasteiger partial charge is 0.229 e. The molecular formula is C21H22O9. The first-order valence-corrected chi connectivity index (χ1v) is 9.12. The van der Waals surface area contributed by atoms with Crippen molar-refractivity contribution in [1.82, 2.24) is 0 Å². The largest absolute Gasteiger partial charge is 0.504 e. The van der Waals surface area contributed by atoms with Crippen LogP contribution in [0.4, 0.5) is 0 Å². The van der Waals surface area contributed by atoms with Gasteiger partial charge in [-0.3, -0.25) is 4.79 Å². The van der Waals surface area contributed by atoms with E-state index in [4.69, 9.17) is 9.47 Å². The molecule has 0 aromatic heterocycles. The summed E-state index contributed by atoms with van der Waals surface area (Å²) >= 11 is 0. The van der Waals surface area contributed by atoms with Crippen LogP contribution < -0.4 is 4.74 Å². The Morgan fingerprint density at radius 1 is 1.00 bits per heavy atom. The fourth-order valence-corrected chi connectivity index (χ4v) is 2.95. The first-order chi connectivity index (χ1) is 14.3. The molecule has 0 amide bonds. The molecule has 0 bridgehead atoms. The summed E-state index contributed by atoms with van der Waals surface area (Å²) < 4.78 is 10.8. The van der Waals surface area contributed by atoms with E-state index >= 15 is 0 Å². The third kappa shape index (κ3) is 4.61. The van der Waals surface area contributed by atoms with E-state index in [1.54, 1.807) is 12.1 Å². The average molecular weight is 418 g/mol. The molecular weight excluding hydrogens is 396 g/mol. The molecule has 9 nitrogen and oxygen atoms in total. The van der Waals surface area contributed by atoms with Gasteiger partial charge in [0.1, 0.15) is 30.2 Å². The SMILES string of the molecule is O=C(/C=C/c1ccc(O[C@@H]2O[C@H](CO)[C@@H](O)[C@@H](O)[C@@H]2O)cc1)c1cccc(O)c1O. The Morgan fingerprint density at radius 2 is 1.70 bits per heavy atom. The Morgan fingerprint density at radius 3 is 2.37 bits per heavy atom. The number of phenols is 2. The zero-order valence-corrected chi connectivity index (χ0v) is 15.7. The Bertz CT molecular complexity index is 907. The summed E-state index contributed by atoms with van der Waals surface area (Å²) in [5, 5.41) is 58.0. The number of benzene rings is 2. The van der Waals surface area contributed by atoms with Gasteiger partial charge in [0.2, 0.25) is 6.29 Å². The Balaban J connectivity index is 1.65. The lowest BCUT2D eigenvalue weighted by Gasteiger charge is -2.39. The van der Waals surface area contributed by atoms with Crippen molar-refractivity contribution < 1.29 is 44.9 Å². The van der Waals surface area contributed by atoms with Gasteiger partial charge in [-0.05, 0) is 35.9 Å². The van der Waals surface area contributed by atoms with Crippen LogP contribution in [0.2, 0.25) is 0 Å². The maximum atomic E-state index is 12.2. The first-order valence-electron chi connectivity index (χ1n) is 9.12. The third-order valence-electron chi connectivity index (χ3n) is 4.69. The molecule has 6 N–H and O–H groups in total. The van der Waals surface area contributed by atoms with Gasteiger partial charge in [0.15, 0.2) is 17.3 Å². The van der Waals surface area contributed by atoms with Crippen molar-refractivity contribution in [3.8, 4) is 17.2 Å². The highest BCUT2D eigenvalue weighted by atomic mass is 16.7. The van der Waals surface area contributed by atoms with Crippen molar-refractivity contribution in [2.45, 2.75) is 30.7 Å². The topological polar surface area (TPSA) is 157 Å². The van der Waals surface area contributed by atoms with Crippen molar-refractivity contribution in [2.24, 2.45) is 0 Å². The highest BCUT2D eigenvalue weighted by molar-refractivity contribution is 6.09. The van der Waals surface area contributed by atoms with E-state index in [1.807, 2.05) is 0 Å². The lowest BCUT2D eigenvalue weighted by atomic mass is 9.99. The minimum absolute atomic E-state index is 0.0335. The van der Waals surface area contributed by atoms with Crippen LogP contribution in [0.5, 0.6) is 17.2 Å². The maximum absolute atomic E-state index is 12.2. The zero-order valence-electron chi connectivity index (χ0n) is 15.7. The normalized spacial score (nSPS) is 26.6. The number of hydrogen-bond donors (Lipinski definition) is 6. The van der Waals surface area contributed by atoms with Crippen molar-refractivity contribution >= 4 is 11.9 Å².